The van der Waals surface area contributed by atoms with Gasteiger partial charge in [-0.25, -0.2) is 4.79 Å². The Morgan fingerprint density at radius 3 is 3.00 bits per heavy atom. The van der Waals surface area contributed by atoms with Crippen molar-refractivity contribution in [1.29, 1.82) is 0 Å². The number of carboxylic acid groups (broad SMARTS) is 1. The predicted octanol–water partition coefficient (Wildman–Crippen LogP) is 0.363. The Morgan fingerprint density at radius 2 is 2.42 bits per heavy atom. The molecule has 19 heavy (non-hydrogen) atoms. The molecule has 1 aromatic heterocycles. The molecule has 0 spiro atoms. The maximum Gasteiger partial charge on any atom is 0.322 e. The molecule has 2 heterocycles. The average Bonchev–Trinajstić information content (AvgIpc) is 3.00. The number of urea groups is 1. The summed E-state index contributed by atoms with van der Waals surface area (Å²) in [4.78, 5) is 24.7. The predicted molar refractivity (Wildman–Crippen MR) is 65.7 cm³/mol. The number of hydrogen-bond donors (Lipinski definition) is 3. The van der Waals surface area contributed by atoms with Gasteiger partial charge in [0.25, 0.3) is 0 Å². The first kappa shape index (κ1) is 13.3. The number of carboxylic acids is 1. The summed E-state index contributed by atoms with van der Waals surface area (Å²) in [6, 6.07) is -0.806. The smallest absolute Gasteiger partial charge is 0.322 e. The number of aromatic nitrogens is 2. The lowest BCUT2D eigenvalue weighted by Crippen LogP contribution is -2.48. The lowest BCUT2D eigenvalue weighted by molar-refractivity contribution is -0.142. The molecule has 3 N–H and O–H groups in total. The van der Waals surface area contributed by atoms with Crippen LogP contribution >= 0.6 is 0 Å². The lowest BCUT2D eigenvalue weighted by Gasteiger charge is -2.29. The summed E-state index contributed by atoms with van der Waals surface area (Å²) in [5.74, 6) is -1.63. The summed E-state index contributed by atoms with van der Waals surface area (Å²) < 4.78 is 5.18. The van der Waals surface area contributed by atoms with Crippen LogP contribution in [0.3, 0.4) is 0 Å². The molecule has 1 aromatic rings. The molecular weight excluding hydrogens is 252 g/mol. The highest BCUT2D eigenvalue weighted by atomic mass is 16.5. The summed E-state index contributed by atoms with van der Waals surface area (Å²) in [5, 5.41) is 18.1. The molecule has 0 aliphatic carbocycles. The summed E-state index contributed by atoms with van der Waals surface area (Å²) in [6.45, 7) is 2.58. The van der Waals surface area contributed by atoms with E-state index in [4.69, 9.17) is 9.84 Å². The molecule has 1 fully saturated rings. The van der Waals surface area contributed by atoms with Crippen molar-refractivity contribution in [2.45, 2.75) is 13.0 Å². The minimum atomic E-state index is -0.947. The van der Waals surface area contributed by atoms with Crippen LogP contribution in [-0.4, -0.2) is 58.0 Å². The number of nitrogens with one attached hydrogen (secondary N) is 2. The Kier molecular flexibility index (Phi) is 4.00. The Hall–Kier alpha value is -2.09. The third-order valence-electron chi connectivity index (χ3n) is 3.12. The summed E-state index contributed by atoms with van der Waals surface area (Å²) >= 11 is 0. The highest BCUT2D eigenvalue weighted by molar-refractivity contribution is 5.89. The highest BCUT2D eigenvalue weighted by Crippen LogP contribution is 2.21. The van der Waals surface area contributed by atoms with E-state index >= 15 is 0 Å². The van der Waals surface area contributed by atoms with Crippen LogP contribution in [0.25, 0.3) is 0 Å². The first-order valence-corrected chi connectivity index (χ1v) is 6.00. The molecule has 8 heteroatoms. The second-order valence-electron chi connectivity index (χ2n) is 4.25. The van der Waals surface area contributed by atoms with E-state index in [9.17, 15) is 9.59 Å². The van der Waals surface area contributed by atoms with E-state index in [0.717, 1.165) is 0 Å². The zero-order valence-corrected chi connectivity index (χ0v) is 10.5. The van der Waals surface area contributed by atoms with Crippen molar-refractivity contribution >= 4 is 17.7 Å². The highest BCUT2D eigenvalue weighted by Gasteiger charge is 2.39. The van der Waals surface area contributed by atoms with E-state index in [0.29, 0.717) is 12.2 Å². The summed E-state index contributed by atoms with van der Waals surface area (Å²) in [7, 11) is 0. The minimum Gasteiger partial charge on any atom is -0.481 e. The SMILES string of the molecule is CCN(C(=O)Nc1cn[nH]c1)C1COCC1C(=O)O. The number of H-pyrrole nitrogens is 1. The van der Waals surface area contributed by atoms with Crippen LogP contribution in [0.4, 0.5) is 10.5 Å². The second kappa shape index (κ2) is 5.70. The number of anilines is 1. The molecule has 1 aliphatic heterocycles. The monoisotopic (exact) mass is 268 g/mol. The van der Waals surface area contributed by atoms with E-state index in [1.807, 2.05) is 0 Å². The second-order valence-corrected chi connectivity index (χ2v) is 4.25. The number of ether oxygens (including phenoxy) is 1. The molecule has 0 radical (unpaired) electrons. The summed E-state index contributed by atoms with van der Waals surface area (Å²) in [6.07, 6.45) is 3.02. The Labute approximate surface area is 109 Å². The van der Waals surface area contributed by atoms with Crippen molar-refractivity contribution in [1.82, 2.24) is 15.1 Å². The normalized spacial score (nSPS) is 22.2. The molecule has 1 saturated heterocycles. The molecule has 2 rings (SSSR count). The number of carbonyl (C=O) groups is 2. The van der Waals surface area contributed by atoms with E-state index in [2.05, 4.69) is 15.5 Å². The fourth-order valence-electron chi connectivity index (χ4n) is 2.13. The number of hydrogen-bond acceptors (Lipinski definition) is 4. The molecule has 0 aromatic carbocycles. The van der Waals surface area contributed by atoms with Gasteiger partial charge < -0.3 is 20.1 Å². The van der Waals surface area contributed by atoms with Crippen LogP contribution < -0.4 is 5.32 Å². The van der Waals surface area contributed by atoms with Crippen LogP contribution in [0.1, 0.15) is 6.92 Å². The maximum atomic E-state index is 12.1. The Balaban J connectivity index is 2.06. The van der Waals surface area contributed by atoms with E-state index < -0.39 is 17.9 Å². The van der Waals surface area contributed by atoms with Crippen molar-refractivity contribution in [3.63, 3.8) is 0 Å². The third-order valence-corrected chi connectivity index (χ3v) is 3.12. The van der Waals surface area contributed by atoms with Gasteiger partial charge in [0.05, 0.1) is 31.1 Å². The van der Waals surface area contributed by atoms with Crippen molar-refractivity contribution in [3.05, 3.63) is 12.4 Å². The third kappa shape index (κ3) is 2.84. The molecule has 8 nitrogen and oxygen atoms in total. The van der Waals surface area contributed by atoms with Gasteiger partial charge in [0.15, 0.2) is 0 Å². The molecule has 1 aliphatic rings. The lowest BCUT2D eigenvalue weighted by atomic mass is 10.0. The zero-order chi connectivity index (χ0) is 13.8. The fourth-order valence-corrected chi connectivity index (χ4v) is 2.13. The van der Waals surface area contributed by atoms with E-state index in [1.54, 1.807) is 13.1 Å². The van der Waals surface area contributed by atoms with Crippen LogP contribution in [0.15, 0.2) is 12.4 Å². The van der Waals surface area contributed by atoms with Crippen LogP contribution in [0.5, 0.6) is 0 Å². The van der Waals surface area contributed by atoms with E-state index in [-0.39, 0.29) is 19.2 Å². The number of likely N-dealkylation sites (N-methyl/N-ethyl adjacent to an activating group) is 1. The Morgan fingerprint density at radius 1 is 1.63 bits per heavy atom. The van der Waals surface area contributed by atoms with Gasteiger partial charge in [0.1, 0.15) is 5.92 Å². The molecule has 2 amide bonds. The van der Waals surface area contributed by atoms with Crippen LogP contribution in [0, 0.1) is 5.92 Å². The van der Waals surface area contributed by atoms with Crippen molar-refractivity contribution in [2.24, 2.45) is 5.92 Å². The molecule has 0 saturated carbocycles. The van der Waals surface area contributed by atoms with Gasteiger partial charge in [0, 0.05) is 12.7 Å². The van der Waals surface area contributed by atoms with Crippen molar-refractivity contribution in [2.75, 3.05) is 25.1 Å². The quantitative estimate of drug-likeness (QED) is 0.731. The fraction of sp³-hybridized carbons (Fsp3) is 0.545. The number of aliphatic carboxylic acids is 1. The maximum absolute atomic E-state index is 12.1. The van der Waals surface area contributed by atoms with Crippen molar-refractivity contribution < 1.29 is 19.4 Å². The first-order chi connectivity index (χ1) is 9.13. The molecular formula is C11H16N4O4. The van der Waals surface area contributed by atoms with Gasteiger partial charge in [-0.15, -0.1) is 0 Å². The average molecular weight is 268 g/mol. The molecule has 104 valence electrons. The molecule has 2 atom stereocenters. The largest absolute Gasteiger partial charge is 0.481 e. The van der Waals surface area contributed by atoms with Crippen LogP contribution in [-0.2, 0) is 9.53 Å². The molecule has 2 unspecified atom stereocenters. The van der Waals surface area contributed by atoms with Gasteiger partial charge in [-0.3, -0.25) is 9.89 Å². The number of carbonyl (C=O) groups excluding carboxylic acids is 1. The van der Waals surface area contributed by atoms with Crippen LogP contribution in [0.2, 0.25) is 0 Å². The van der Waals surface area contributed by atoms with Gasteiger partial charge in [-0.2, -0.15) is 5.10 Å². The topological polar surface area (TPSA) is 108 Å². The Bertz CT molecular complexity index is 448. The minimum absolute atomic E-state index is 0.134. The number of amides is 2. The number of aromatic amines is 1. The number of rotatable bonds is 4. The van der Waals surface area contributed by atoms with Gasteiger partial charge in [-0.1, -0.05) is 0 Å². The van der Waals surface area contributed by atoms with Gasteiger partial charge in [0.2, 0.25) is 0 Å². The van der Waals surface area contributed by atoms with Gasteiger partial charge in [-0.05, 0) is 6.92 Å². The van der Waals surface area contributed by atoms with Gasteiger partial charge >= 0.3 is 12.0 Å². The standard InChI is InChI=1S/C11H16N4O4/c1-2-15(9-6-19-5-8(9)10(16)17)11(18)14-7-3-12-13-4-7/h3-4,8-9H,2,5-6H2,1H3,(H,12,13)(H,14,18)(H,16,17). The summed E-state index contributed by atoms with van der Waals surface area (Å²) in [5.41, 5.74) is 0.536. The first-order valence-electron chi connectivity index (χ1n) is 6.00. The van der Waals surface area contributed by atoms with E-state index in [1.165, 1.54) is 11.1 Å². The van der Waals surface area contributed by atoms with Crippen molar-refractivity contribution in [3.8, 4) is 0 Å². The number of nitrogens with zero attached hydrogens (tertiary/aromatic N) is 2. The molecule has 0 bridgehead atoms. The zero-order valence-electron chi connectivity index (χ0n) is 10.5.